The van der Waals surface area contributed by atoms with Crippen molar-refractivity contribution in [2.24, 2.45) is 0 Å². The second kappa shape index (κ2) is 5.64. The molecule has 2 nitrogen and oxygen atoms in total. The van der Waals surface area contributed by atoms with Crippen LogP contribution < -0.4 is 0 Å². The summed E-state index contributed by atoms with van der Waals surface area (Å²) in [5, 5.41) is 0. The minimum Gasteiger partial charge on any atom is -0.331 e. The second-order valence-electron chi connectivity index (χ2n) is 5.27. The van der Waals surface area contributed by atoms with Crippen LogP contribution in [-0.2, 0) is 6.54 Å². The molecule has 0 radical (unpaired) electrons. The highest BCUT2D eigenvalue weighted by Gasteiger charge is 2.34. The third kappa shape index (κ3) is 3.10. The van der Waals surface area contributed by atoms with Gasteiger partial charge in [0.15, 0.2) is 0 Å². The van der Waals surface area contributed by atoms with Crippen LogP contribution in [0.4, 0.5) is 8.78 Å². The fourth-order valence-corrected chi connectivity index (χ4v) is 2.35. The Balaban J connectivity index is 1.87. The number of halogens is 2. The van der Waals surface area contributed by atoms with Crippen molar-refractivity contribution in [1.29, 1.82) is 0 Å². The minimum atomic E-state index is -0.680. The average Bonchev–Trinajstić information content (AvgIpc) is 3.32. The SMILES string of the molecule is O=C(c1cc(F)ccc1F)N(Cc1ccccc1)C1CC1. The molecule has 0 unspecified atom stereocenters. The zero-order chi connectivity index (χ0) is 14.8. The number of hydrogen-bond acceptors (Lipinski definition) is 1. The van der Waals surface area contributed by atoms with Crippen LogP contribution in [0.5, 0.6) is 0 Å². The molecule has 1 aliphatic carbocycles. The van der Waals surface area contributed by atoms with Crippen molar-refractivity contribution in [2.45, 2.75) is 25.4 Å². The van der Waals surface area contributed by atoms with Gasteiger partial charge in [-0.1, -0.05) is 30.3 Å². The number of amides is 1. The van der Waals surface area contributed by atoms with E-state index in [1.165, 1.54) is 0 Å². The summed E-state index contributed by atoms with van der Waals surface area (Å²) in [4.78, 5) is 14.2. The Morgan fingerprint density at radius 2 is 1.81 bits per heavy atom. The predicted molar refractivity (Wildman–Crippen MR) is 75.7 cm³/mol. The quantitative estimate of drug-likeness (QED) is 0.838. The Kier molecular flexibility index (Phi) is 3.69. The van der Waals surface area contributed by atoms with Crippen molar-refractivity contribution in [3.05, 3.63) is 71.3 Å². The molecule has 4 heteroatoms. The van der Waals surface area contributed by atoms with Crippen LogP contribution in [0, 0.1) is 11.6 Å². The van der Waals surface area contributed by atoms with E-state index >= 15 is 0 Å². The molecule has 0 spiro atoms. The molecule has 1 amide bonds. The van der Waals surface area contributed by atoms with E-state index in [0.29, 0.717) is 6.54 Å². The number of hydrogen-bond donors (Lipinski definition) is 0. The summed E-state index contributed by atoms with van der Waals surface area (Å²) < 4.78 is 27.1. The molecule has 1 aliphatic rings. The van der Waals surface area contributed by atoms with Crippen LogP contribution >= 0.6 is 0 Å². The monoisotopic (exact) mass is 287 g/mol. The summed E-state index contributed by atoms with van der Waals surface area (Å²) in [6.45, 7) is 0.417. The van der Waals surface area contributed by atoms with Gasteiger partial charge in [-0.3, -0.25) is 4.79 Å². The maximum absolute atomic E-state index is 13.8. The number of benzene rings is 2. The summed E-state index contributed by atoms with van der Waals surface area (Å²) in [5.74, 6) is -1.73. The van der Waals surface area contributed by atoms with E-state index < -0.39 is 17.5 Å². The van der Waals surface area contributed by atoms with Gasteiger partial charge in [0.25, 0.3) is 5.91 Å². The van der Waals surface area contributed by atoms with Crippen LogP contribution in [0.3, 0.4) is 0 Å². The molecular formula is C17H15F2NO. The van der Waals surface area contributed by atoms with Gasteiger partial charge in [-0.2, -0.15) is 0 Å². The van der Waals surface area contributed by atoms with E-state index in [1.54, 1.807) is 4.90 Å². The molecule has 3 rings (SSSR count). The van der Waals surface area contributed by atoms with Crippen molar-refractivity contribution >= 4 is 5.91 Å². The van der Waals surface area contributed by atoms with Gasteiger partial charge in [-0.05, 0) is 36.6 Å². The molecule has 21 heavy (non-hydrogen) atoms. The van der Waals surface area contributed by atoms with Crippen LogP contribution in [0.1, 0.15) is 28.8 Å². The van der Waals surface area contributed by atoms with Gasteiger partial charge in [-0.25, -0.2) is 8.78 Å². The van der Waals surface area contributed by atoms with Gasteiger partial charge in [-0.15, -0.1) is 0 Å². The minimum absolute atomic E-state index is 0.125. The highest BCUT2D eigenvalue weighted by molar-refractivity contribution is 5.94. The number of nitrogens with zero attached hydrogens (tertiary/aromatic N) is 1. The maximum Gasteiger partial charge on any atom is 0.257 e. The lowest BCUT2D eigenvalue weighted by Crippen LogP contribution is -2.33. The molecular weight excluding hydrogens is 272 g/mol. The molecule has 1 fully saturated rings. The molecule has 0 N–H and O–H groups in total. The van der Waals surface area contributed by atoms with E-state index in [1.807, 2.05) is 30.3 Å². The van der Waals surface area contributed by atoms with Gasteiger partial charge in [0.05, 0.1) is 5.56 Å². The molecule has 0 bridgehead atoms. The number of carbonyl (C=O) groups excluding carboxylic acids is 1. The van der Waals surface area contributed by atoms with Gasteiger partial charge < -0.3 is 4.90 Å². The Morgan fingerprint density at radius 3 is 2.48 bits per heavy atom. The molecule has 0 atom stereocenters. The zero-order valence-corrected chi connectivity index (χ0v) is 11.4. The summed E-state index contributed by atoms with van der Waals surface area (Å²) in [7, 11) is 0. The molecule has 2 aromatic carbocycles. The Labute approximate surface area is 122 Å². The topological polar surface area (TPSA) is 20.3 Å². The average molecular weight is 287 g/mol. The molecule has 108 valence electrons. The smallest absolute Gasteiger partial charge is 0.257 e. The van der Waals surface area contributed by atoms with Gasteiger partial charge in [0.2, 0.25) is 0 Å². The van der Waals surface area contributed by atoms with E-state index in [9.17, 15) is 13.6 Å². The van der Waals surface area contributed by atoms with E-state index in [-0.39, 0.29) is 11.6 Å². The molecule has 1 saturated carbocycles. The third-order valence-corrected chi connectivity index (χ3v) is 3.60. The molecule has 0 heterocycles. The Bertz CT molecular complexity index is 653. The summed E-state index contributed by atoms with van der Waals surface area (Å²) in [6.07, 6.45) is 1.82. The largest absolute Gasteiger partial charge is 0.331 e. The number of rotatable bonds is 4. The first-order valence-corrected chi connectivity index (χ1v) is 6.95. The fourth-order valence-electron chi connectivity index (χ4n) is 2.35. The normalized spacial score (nSPS) is 14.0. The first-order chi connectivity index (χ1) is 10.1. The molecule has 2 aromatic rings. The fraction of sp³-hybridized carbons (Fsp3) is 0.235. The van der Waals surface area contributed by atoms with Crippen molar-refractivity contribution in [1.82, 2.24) is 4.90 Å². The van der Waals surface area contributed by atoms with E-state index in [0.717, 1.165) is 36.6 Å². The lowest BCUT2D eigenvalue weighted by molar-refractivity contribution is 0.0724. The molecule has 0 aromatic heterocycles. The van der Waals surface area contributed by atoms with Crippen molar-refractivity contribution in [2.75, 3.05) is 0 Å². The van der Waals surface area contributed by atoms with Crippen LogP contribution in [0.2, 0.25) is 0 Å². The van der Waals surface area contributed by atoms with Crippen molar-refractivity contribution in [3.63, 3.8) is 0 Å². The van der Waals surface area contributed by atoms with Crippen LogP contribution in [0.25, 0.3) is 0 Å². The molecule has 0 aliphatic heterocycles. The van der Waals surface area contributed by atoms with Crippen LogP contribution in [-0.4, -0.2) is 16.8 Å². The maximum atomic E-state index is 13.8. The predicted octanol–water partition coefficient (Wildman–Crippen LogP) is 3.77. The Morgan fingerprint density at radius 1 is 1.10 bits per heavy atom. The molecule has 0 saturated heterocycles. The van der Waals surface area contributed by atoms with Gasteiger partial charge in [0, 0.05) is 12.6 Å². The van der Waals surface area contributed by atoms with Crippen molar-refractivity contribution < 1.29 is 13.6 Å². The lowest BCUT2D eigenvalue weighted by Gasteiger charge is -2.23. The van der Waals surface area contributed by atoms with Gasteiger partial charge >= 0.3 is 0 Å². The highest BCUT2D eigenvalue weighted by atomic mass is 19.1. The highest BCUT2D eigenvalue weighted by Crippen LogP contribution is 2.30. The standard InChI is InChI=1S/C17H15F2NO/c18-13-6-9-16(19)15(10-13)17(21)20(14-7-8-14)11-12-4-2-1-3-5-12/h1-6,9-10,14H,7-8,11H2. The third-order valence-electron chi connectivity index (χ3n) is 3.60. The summed E-state index contributed by atoms with van der Waals surface area (Å²) in [6, 6.07) is 12.6. The van der Waals surface area contributed by atoms with E-state index in [4.69, 9.17) is 0 Å². The first kappa shape index (κ1) is 13.7. The van der Waals surface area contributed by atoms with Gasteiger partial charge in [0.1, 0.15) is 11.6 Å². The number of carbonyl (C=O) groups is 1. The van der Waals surface area contributed by atoms with E-state index in [2.05, 4.69) is 0 Å². The zero-order valence-electron chi connectivity index (χ0n) is 11.4. The lowest BCUT2D eigenvalue weighted by atomic mass is 10.1. The Hall–Kier alpha value is -2.23. The summed E-state index contributed by atoms with van der Waals surface area (Å²) in [5.41, 5.74) is 0.785. The first-order valence-electron chi connectivity index (χ1n) is 6.95. The summed E-state index contributed by atoms with van der Waals surface area (Å²) >= 11 is 0. The van der Waals surface area contributed by atoms with Crippen LogP contribution in [0.15, 0.2) is 48.5 Å². The second-order valence-corrected chi connectivity index (χ2v) is 5.27. The van der Waals surface area contributed by atoms with Crippen molar-refractivity contribution in [3.8, 4) is 0 Å².